The Labute approximate surface area is 132 Å². The van der Waals surface area contributed by atoms with Crippen LogP contribution in [0.4, 0.5) is 4.39 Å². The molecule has 21 heavy (non-hydrogen) atoms. The Bertz CT molecular complexity index is 811. The molecule has 0 spiro atoms. The molecule has 0 fully saturated rings. The molecule has 3 rings (SSSR count). The molecule has 0 unspecified atom stereocenters. The van der Waals surface area contributed by atoms with Crippen LogP contribution < -0.4 is 0 Å². The Hall–Kier alpha value is -1.58. The summed E-state index contributed by atoms with van der Waals surface area (Å²) in [4.78, 5) is 4.53. The summed E-state index contributed by atoms with van der Waals surface area (Å²) in [5.41, 5.74) is 2.90. The molecule has 108 valence electrons. The normalized spacial score (nSPS) is 11.2. The lowest BCUT2D eigenvalue weighted by molar-refractivity contribution is 0.616. The zero-order chi connectivity index (χ0) is 15.0. The van der Waals surface area contributed by atoms with Gasteiger partial charge in [-0.1, -0.05) is 23.7 Å². The first-order chi connectivity index (χ1) is 10.1. The minimum Gasteiger partial charge on any atom is -0.293 e. The summed E-state index contributed by atoms with van der Waals surface area (Å²) >= 11 is 12.1. The van der Waals surface area contributed by atoms with E-state index < -0.39 is 0 Å². The van der Waals surface area contributed by atoms with E-state index >= 15 is 0 Å². The van der Waals surface area contributed by atoms with Gasteiger partial charge in [-0.2, -0.15) is 0 Å². The average Bonchev–Trinajstić information content (AvgIpc) is 2.82. The second-order valence-corrected chi connectivity index (χ2v) is 5.65. The summed E-state index contributed by atoms with van der Waals surface area (Å²) < 4.78 is 16.1. The molecule has 0 saturated heterocycles. The SMILES string of the molecule is Cc1ccc(F)c(-n2c(CCCl)nc3c(Cl)cccc32)c1. The van der Waals surface area contributed by atoms with Gasteiger partial charge >= 0.3 is 0 Å². The molecule has 3 aromatic rings. The zero-order valence-electron chi connectivity index (χ0n) is 11.4. The molecule has 0 bridgehead atoms. The summed E-state index contributed by atoms with van der Waals surface area (Å²) in [6.07, 6.45) is 0.542. The van der Waals surface area contributed by atoms with Crippen LogP contribution in [0, 0.1) is 12.7 Å². The minimum atomic E-state index is -0.296. The summed E-state index contributed by atoms with van der Waals surface area (Å²) in [5.74, 6) is 0.822. The third-order valence-corrected chi connectivity index (χ3v) is 3.86. The molecule has 0 aliphatic carbocycles. The number of para-hydroxylation sites is 1. The van der Waals surface area contributed by atoms with Gasteiger partial charge < -0.3 is 0 Å². The first-order valence-electron chi connectivity index (χ1n) is 6.60. The van der Waals surface area contributed by atoms with Crippen molar-refractivity contribution in [2.75, 3.05) is 5.88 Å². The zero-order valence-corrected chi connectivity index (χ0v) is 12.9. The van der Waals surface area contributed by atoms with Crippen molar-refractivity contribution in [1.29, 1.82) is 0 Å². The molecular formula is C16H13Cl2FN2. The smallest absolute Gasteiger partial charge is 0.147 e. The first-order valence-corrected chi connectivity index (χ1v) is 7.51. The number of hydrogen-bond donors (Lipinski definition) is 0. The van der Waals surface area contributed by atoms with Gasteiger partial charge in [0.05, 0.1) is 16.2 Å². The van der Waals surface area contributed by atoms with Crippen LogP contribution in [-0.4, -0.2) is 15.4 Å². The molecule has 0 aliphatic rings. The van der Waals surface area contributed by atoms with Crippen LogP contribution in [0.5, 0.6) is 0 Å². The van der Waals surface area contributed by atoms with Gasteiger partial charge in [0.1, 0.15) is 17.2 Å². The largest absolute Gasteiger partial charge is 0.293 e. The van der Waals surface area contributed by atoms with E-state index in [0.29, 0.717) is 34.4 Å². The number of hydrogen-bond acceptors (Lipinski definition) is 1. The first kappa shape index (κ1) is 14.4. The van der Waals surface area contributed by atoms with E-state index in [2.05, 4.69) is 4.98 Å². The van der Waals surface area contributed by atoms with E-state index in [4.69, 9.17) is 23.2 Å². The van der Waals surface area contributed by atoms with Crippen molar-refractivity contribution in [1.82, 2.24) is 9.55 Å². The fourth-order valence-electron chi connectivity index (χ4n) is 2.43. The highest BCUT2D eigenvalue weighted by Gasteiger charge is 2.16. The van der Waals surface area contributed by atoms with Crippen molar-refractivity contribution in [3.05, 3.63) is 58.6 Å². The maximum Gasteiger partial charge on any atom is 0.147 e. The predicted molar refractivity (Wildman–Crippen MR) is 85.2 cm³/mol. The molecule has 1 aromatic heterocycles. The number of nitrogens with zero attached hydrogens (tertiary/aromatic N) is 2. The van der Waals surface area contributed by atoms with Gasteiger partial charge in [-0.05, 0) is 36.8 Å². The third-order valence-electron chi connectivity index (χ3n) is 3.37. The molecule has 2 aromatic carbocycles. The van der Waals surface area contributed by atoms with Crippen LogP contribution >= 0.6 is 23.2 Å². The van der Waals surface area contributed by atoms with Gasteiger partial charge in [-0.25, -0.2) is 9.37 Å². The van der Waals surface area contributed by atoms with Gasteiger partial charge in [-0.15, -0.1) is 11.6 Å². The number of halogens is 3. The van der Waals surface area contributed by atoms with Gasteiger partial charge in [0.25, 0.3) is 0 Å². The number of rotatable bonds is 3. The second kappa shape index (κ2) is 5.66. The van der Waals surface area contributed by atoms with E-state index in [1.54, 1.807) is 22.8 Å². The lowest BCUT2D eigenvalue weighted by Gasteiger charge is -2.10. The topological polar surface area (TPSA) is 17.8 Å². The third kappa shape index (κ3) is 2.52. The number of imidazole rings is 1. The lowest BCUT2D eigenvalue weighted by Crippen LogP contribution is -2.04. The van der Waals surface area contributed by atoms with Crippen molar-refractivity contribution < 1.29 is 4.39 Å². The van der Waals surface area contributed by atoms with Crippen LogP contribution in [-0.2, 0) is 6.42 Å². The van der Waals surface area contributed by atoms with Crippen molar-refractivity contribution in [2.45, 2.75) is 13.3 Å². The van der Waals surface area contributed by atoms with Crippen LogP contribution in [0.2, 0.25) is 5.02 Å². The van der Waals surface area contributed by atoms with E-state index in [0.717, 1.165) is 11.1 Å². The highest BCUT2D eigenvalue weighted by atomic mass is 35.5. The molecule has 2 nitrogen and oxygen atoms in total. The molecule has 0 radical (unpaired) electrons. The number of benzene rings is 2. The Kier molecular flexibility index (Phi) is 3.87. The molecule has 0 N–H and O–H groups in total. The van der Waals surface area contributed by atoms with Crippen LogP contribution in [0.3, 0.4) is 0 Å². The summed E-state index contributed by atoms with van der Waals surface area (Å²) in [7, 11) is 0. The average molecular weight is 323 g/mol. The van der Waals surface area contributed by atoms with Gasteiger partial charge in [0.15, 0.2) is 0 Å². The molecule has 1 heterocycles. The Morgan fingerprint density at radius 3 is 2.81 bits per heavy atom. The van der Waals surface area contributed by atoms with Crippen molar-refractivity contribution in [2.24, 2.45) is 0 Å². The van der Waals surface area contributed by atoms with Gasteiger partial charge in [0, 0.05) is 12.3 Å². The number of aryl methyl sites for hydroxylation is 2. The number of alkyl halides is 1. The molecule has 0 atom stereocenters. The fraction of sp³-hybridized carbons (Fsp3) is 0.188. The number of fused-ring (bicyclic) bond motifs is 1. The highest BCUT2D eigenvalue weighted by Crippen LogP contribution is 2.28. The minimum absolute atomic E-state index is 0.296. The van der Waals surface area contributed by atoms with E-state index in [1.165, 1.54) is 6.07 Å². The highest BCUT2D eigenvalue weighted by molar-refractivity contribution is 6.35. The van der Waals surface area contributed by atoms with Crippen molar-refractivity contribution in [3.63, 3.8) is 0 Å². The standard InChI is InChI=1S/C16H13Cl2FN2/c1-10-5-6-12(19)14(9-10)21-13-4-2-3-11(18)16(13)20-15(21)7-8-17/h2-6,9H,7-8H2,1H3. The maximum atomic E-state index is 14.3. The monoisotopic (exact) mass is 322 g/mol. The predicted octanol–water partition coefficient (Wildman–Crippen LogP) is 4.91. The lowest BCUT2D eigenvalue weighted by atomic mass is 10.2. The molecule has 0 amide bonds. The van der Waals surface area contributed by atoms with Crippen LogP contribution in [0.15, 0.2) is 36.4 Å². The Morgan fingerprint density at radius 1 is 1.24 bits per heavy atom. The summed E-state index contributed by atoms with van der Waals surface area (Å²) in [6.45, 7) is 1.93. The Morgan fingerprint density at radius 2 is 2.05 bits per heavy atom. The summed E-state index contributed by atoms with van der Waals surface area (Å²) in [5, 5.41) is 0.551. The van der Waals surface area contributed by atoms with Crippen LogP contribution in [0.25, 0.3) is 16.7 Å². The van der Waals surface area contributed by atoms with E-state index in [-0.39, 0.29) is 5.82 Å². The van der Waals surface area contributed by atoms with E-state index in [9.17, 15) is 4.39 Å². The van der Waals surface area contributed by atoms with Gasteiger partial charge in [0.2, 0.25) is 0 Å². The van der Waals surface area contributed by atoms with E-state index in [1.807, 2.05) is 19.1 Å². The number of aromatic nitrogens is 2. The molecule has 5 heteroatoms. The maximum absolute atomic E-state index is 14.3. The van der Waals surface area contributed by atoms with Crippen molar-refractivity contribution in [3.8, 4) is 5.69 Å². The molecule has 0 aliphatic heterocycles. The Balaban J connectivity index is 2.36. The quantitative estimate of drug-likeness (QED) is 0.626. The summed E-state index contributed by atoms with van der Waals surface area (Å²) in [6, 6.07) is 10.5. The molecule has 0 saturated carbocycles. The fourth-order valence-corrected chi connectivity index (χ4v) is 2.81. The van der Waals surface area contributed by atoms with Gasteiger partial charge in [-0.3, -0.25) is 4.57 Å². The van der Waals surface area contributed by atoms with Crippen LogP contribution in [0.1, 0.15) is 11.4 Å². The van der Waals surface area contributed by atoms with Crippen molar-refractivity contribution >= 4 is 34.2 Å². The molecular weight excluding hydrogens is 310 g/mol. The second-order valence-electron chi connectivity index (χ2n) is 4.86.